The minimum atomic E-state index is -2.27. The monoisotopic (exact) mass is 236 g/mol. The van der Waals surface area contributed by atoms with Gasteiger partial charge in [0, 0.05) is 25.9 Å². The van der Waals surface area contributed by atoms with Gasteiger partial charge < -0.3 is 18.0 Å². The van der Waals surface area contributed by atoms with E-state index in [1.807, 2.05) is 27.7 Å². The highest BCUT2D eigenvalue weighted by atomic mass is 28.4. The maximum Gasteiger partial charge on any atom is 0.500 e. The van der Waals surface area contributed by atoms with E-state index in [2.05, 4.69) is 4.74 Å². The standard InChI is InChI=1S/C8H20O3Si.C2H4O/c1-5-9-12(8-4,10-6-2)11-7-3;1-2-3-1/h5-8H2,1-4H3;1-2H2. The van der Waals surface area contributed by atoms with E-state index in [1.54, 1.807) is 0 Å². The molecule has 0 unspecified atom stereocenters. The Balaban J connectivity index is 0.000000548. The van der Waals surface area contributed by atoms with Gasteiger partial charge in [-0.2, -0.15) is 0 Å². The third-order valence-electron chi connectivity index (χ3n) is 1.73. The highest BCUT2D eigenvalue weighted by Gasteiger charge is 2.37. The van der Waals surface area contributed by atoms with Crippen molar-refractivity contribution in [2.45, 2.75) is 33.7 Å². The molecule has 1 aliphatic heterocycles. The summed E-state index contributed by atoms with van der Waals surface area (Å²) in [6, 6.07) is 0.850. The van der Waals surface area contributed by atoms with Crippen LogP contribution in [0.2, 0.25) is 6.04 Å². The van der Waals surface area contributed by atoms with Crippen molar-refractivity contribution in [3.63, 3.8) is 0 Å². The molecule has 1 fully saturated rings. The number of rotatable bonds is 7. The van der Waals surface area contributed by atoms with Crippen molar-refractivity contribution in [3.8, 4) is 0 Å². The molecule has 0 aromatic rings. The van der Waals surface area contributed by atoms with E-state index in [0.717, 1.165) is 19.3 Å². The lowest BCUT2D eigenvalue weighted by atomic mass is 10.9. The quantitative estimate of drug-likeness (QED) is 0.501. The van der Waals surface area contributed by atoms with E-state index in [4.69, 9.17) is 13.3 Å². The number of ether oxygens (including phenoxy) is 1. The van der Waals surface area contributed by atoms with Crippen molar-refractivity contribution in [1.29, 1.82) is 0 Å². The van der Waals surface area contributed by atoms with Gasteiger partial charge in [-0.1, -0.05) is 6.92 Å². The highest BCUT2D eigenvalue weighted by molar-refractivity contribution is 6.60. The molecule has 0 aromatic heterocycles. The molecule has 0 bridgehead atoms. The summed E-state index contributed by atoms with van der Waals surface area (Å²) in [7, 11) is -2.27. The molecule has 0 atom stereocenters. The Hall–Kier alpha value is 0.0569. The average Bonchev–Trinajstić information content (AvgIpc) is 3.06. The van der Waals surface area contributed by atoms with Crippen LogP contribution in [0.4, 0.5) is 0 Å². The first-order valence-electron chi connectivity index (χ1n) is 5.74. The number of epoxide rings is 1. The van der Waals surface area contributed by atoms with Crippen LogP contribution in [0, 0.1) is 0 Å². The third-order valence-corrected chi connectivity index (χ3v) is 4.78. The normalized spacial score (nSPS) is 14.4. The minimum absolute atomic E-state index is 0.667. The maximum absolute atomic E-state index is 5.55. The van der Waals surface area contributed by atoms with Crippen molar-refractivity contribution in [1.82, 2.24) is 0 Å². The summed E-state index contributed by atoms with van der Waals surface area (Å²) in [5.74, 6) is 0. The second-order valence-electron chi connectivity index (χ2n) is 2.95. The van der Waals surface area contributed by atoms with Crippen LogP contribution in [0.5, 0.6) is 0 Å². The summed E-state index contributed by atoms with van der Waals surface area (Å²) in [6.07, 6.45) is 0. The summed E-state index contributed by atoms with van der Waals surface area (Å²) < 4.78 is 21.2. The van der Waals surface area contributed by atoms with Gasteiger partial charge in [-0.3, -0.25) is 0 Å². The zero-order valence-electron chi connectivity index (χ0n) is 10.4. The number of hydrogen-bond donors (Lipinski definition) is 0. The summed E-state index contributed by atoms with van der Waals surface area (Å²) in [6.45, 7) is 12.0. The smallest absolute Gasteiger partial charge is 0.377 e. The fourth-order valence-electron chi connectivity index (χ4n) is 1.09. The van der Waals surface area contributed by atoms with Crippen molar-refractivity contribution in [2.75, 3.05) is 33.0 Å². The molecule has 0 aliphatic carbocycles. The molecule has 0 aromatic carbocycles. The molecule has 1 saturated heterocycles. The average molecular weight is 236 g/mol. The van der Waals surface area contributed by atoms with Gasteiger partial charge in [0.05, 0.1) is 13.2 Å². The van der Waals surface area contributed by atoms with Crippen LogP contribution in [0.1, 0.15) is 27.7 Å². The summed E-state index contributed by atoms with van der Waals surface area (Å²) in [5, 5.41) is 0. The zero-order chi connectivity index (χ0) is 11.6. The van der Waals surface area contributed by atoms with Crippen molar-refractivity contribution >= 4 is 8.80 Å². The Morgan fingerprint density at radius 2 is 1.20 bits per heavy atom. The van der Waals surface area contributed by atoms with Gasteiger partial charge in [0.1, 0.15) is 0 Å². The van der Waals surface area contributed by atoms with Gasteiger partial charge in [0.25, 0.3) is 0 Å². The zero-order valence-corrected chi connectivity index (χ0v) is 11.4. The lowest BCUT2D eigenvalue weighted by molar-refractivity contribution is 0.0725. The van der Waals surface area contributed by atoms with E-state index in [1.165, 1.54) is 0 Å². The Kier molecular flexibility index (Phi) is 9.33. The molecule has 1 rings (SSSR count). The minimum Gasteiger partial charge on any atom is -0.377 e. The Morgan fingerprint density at radius 1 is 0.867 bits per heavy atom. The van der Waals surface area contributed by atoms with Gasteiger partial charge in [-0.05, 0) is 20.8 Å². The first-order valence-corrected chi connectivity index (χ1v) is 7.67. The first-order chi connectivity index (χ1) is 7.24. The largest absolute Gasteiger partial charge is 0.500 e. The van der Waals surface area contributed by atoms with Crippen LogP contribution in [-0.4, -0.2) is 41.8 Å². The summed E-state index contributed by atoms with van der Waals surface area (Å²) >= 11 is 0. The van der Waals surface area contributed by atoms with E-state index in [0.29, 0.717) is 19.8 Å². The molecule has 0 saturated carbocycles. The molecule has 5 heteroatoms. The Morgan fingerprint density at radius 3 is 1.33 bits per heavy atom. The molecular weight excluding hydrogens is 212 g/mol. The molecule has 0 N–H and O–H groups in total. The molecule has 4 nitrogen and oxygen atoms in total. The fourth-order valence-corrected chi connectivity index (χ4v) is 3.27. The van der Waals surface area contributed by atoms with E-state index < -0.39 is 8.80 Å². The van der Waals surface area contributed by atoms with Gasteiger partial charge in [0.2, 0.25) is 0 Å². The highest BCUT2D eigenvalue weighted by Crippen LogP contribution is 2.14. The molecule has 1 aliphatic rings. The van der Waals surface area contributed by atoms with Crippen molar-refractivity contribution < 1.29 is 18.0 Å². The molecule has 0 radical (unpaired) electrons. The Bertz CT molecular complexity index is 122. The molecule has 1 heterocycles. The van der Waals surface area contributed by atoms with Crippen LogP contribution < -0.4 is 0 Å². The van der Waals surface area contributed by atoms with Crippen molar-refractivity contribution in [3.05, 3.63) is 0 Å². The topological polar surface area (TPSA) is 40.2 Å². The predicted molar refractivity (Wildman–Crippen MR) is 61.9 cm³/mol. The van der Waals surface area contributed by atoms with Gasteiger partial charge in [0.15, 0.2) is 0 Å². The first kappa shape index (κ1) is 15.1. The van der Waals surface area contributed by atoms with E-state index >= 15 is 0 Å². The predicted octanol–water partition coefficient (Wildman–Crippen LogP) is 2.07. The van der Waals surface area contributed by atoms with E-state index in [-0.39, 0.29) is 0 Å². The van der Waals surface area contributed by atoms with Crippen LogP contribution in [0.3, 0.4) is 0 Å². The molecule has 15 heavy (non-hydrogen) atoms. The summed E-state index contributed by atoms with van der Waals surface area (Å²) in [4.78, 5) is 0. The SMILES string of the molecule is C1CO1.CCO[Si](CC)(OCC)OCC. The molecule has 0 spiro atoms. The van der Waals surface area contributed by atoms with E-state index in [9.17, 15) is 0 Å². The van der Waals surface area contributed by atoms with Crippen LogP contribution in [0.25, 0.3) is 0 Å². The lowest BCUT2D eigenvalue weighted by Gasteiger charge is -2.26. The van der Waals surface area contributed by atoms with Crippen molar-refractivity contribution in [2.24, 2.45) is 0 Å². The van der Waals surface area contributed by atoms with Crippen LogP contribution in [-0.2, 0) is 18.0 Å². The molecular formula is C10H24O4Si. The van der Waals surface area contributed by atoms with Gasteiger partial charge in [-0.15, -0.1) is 0 Å². The molecule has 0 amide bonds. The second-order valence-corrected chi connectivity index (χ2v) is 5.89. The van der Waals surface area contributed by atoms with Crippen LogP contribution >= 0.6 is 0 Å². The second kappa shape index (κ2) is 9.29. The fraction of sp³-hybridized carbons (Fsp3) is 1.00. The number of hydrogen-bond acceptors (Lipinski definition) is 4. The summed E-state index contributed by atoms with van der Waals surface area (Å²) in [5.41, 5.74) is 0. The lowest BCUT2D eigenvalue weighted by Crippen LogP contribution is -2.45. The van der Waals surface area contributed by atoms with Gasteiger partial charge in [-0.25, -0.2) is 0 Å². The van der Waals surface area contributed by atoms with Gasteiger partial charge >= 0.3 is 8.80 Å². The molecule has 92 valence electrons. The third kappa shape index (κ3) is 7.93. The maximum atomic E-state index is 5.55. The van der Waals surface area contributed by atoms with Crippen LogP contribution in [0.15, 0.2) is 0 Å². The Labute approximate surface area is 94.2 Å².